The van der Waals surface area contributed by atoms with Crippen LogP contribution in [0, 0.1) is 0 Å². The van der Waals surface area contributed by atoms with Crippen molar-refractivity contribution in [1.29, 1.82) is 0 Å². The van der Waals surface area contributed by atoms with E-state index in [-0.39, 0.29) is 6.61 Å². The minimum Gasteiger partial charge on any atom is -0.486 e. The topological polar surface area (TPSA) is 125 Å². The fourth-order valence-corrected chi connectivity index (χ4v) is 4.28. The quantitative estimate of drug-likeness (QED) is 0.524. The summed E-state index contributed by atoms with van der Waals surface area (Å²) in [5.41, 5.74) is 2.01. The molecule has 3 aromatic rings. The van der Waals surface area contributed by atoms with Crippen LogP contribution in [0.2, 0.25) is 0 Å². The van der Waals surface area contributed by atoms with Crippen LogP contribution in [0.1, 0.15) is 12.5 Å². The summed E-state index contributed by atoms with van der Waals surface area (Å²) in [6.45, 7) is 2.82. The van der Waals surface area contributed by atoms with E-state index in [0.29, 0.717) is 53.3 Å². The van der Waals surface area contributed by atoms with Gasteiger partial charge < -0.3 is 19.5 Å². The normalized spacial score (nSPS) is 14.0. The van der Waals surface area contributed by atoms with Gasteiger partial charge in [-0.25, -0.2) is 23.7 Å². The molecule has 2 heterocycles. The van der Waals surface area contributed by atoms with Crippen LogP contribution in [0.3, 0.4) is 0 Å². The highest BCUT2D eigenvalue weighted by Gasteiger charge is 2.19. The van der Waals surface area contributed by atoms with Gasteiger partial charge in [-0.05, 0) is 36.8 Å². The zero-order valence-corrected chi connectivity index (χ0v) is 18.9. The van der Waals surface area contributed by atoms with Gasteiger partial charge in [0.05, 0.1) is 21.9 Å². The summed E-state index contributed by atoms with van der Waals surface area (Å²) < 4.78 is 31.2. The van der Waals surface area contributed by atoms with E-state index in [9.17, 15) is 9.00 Å². The van der Waals surface area contributed by atoms with Crippen molar-refractivity contribution in [3.05, 3.63) is 54.4 Å². The highest BCUT2D eigenvalue weighted by Crippen LogP contribution is 2.38. The van der Waals surface area contributed by atoms with Crippen molar-refractivity contribution in [3.8, 4) is 22.9 Å². The summed E-state index contributed by atoms with van der Waals surface area (Å²) >= 11 is 0. The highest BCUT2D eigenvalue weighted by atomic mass is 32.2. The van der Waals surface area contributed by atoms with Crippen LogP contribution in [0.25, 0.3) is 11.4 Å². The second-order valence-electron chi connectivity index (χ2n) is 7.06. The average molecular weight is 470 g/mol. The molecule has 33 heavy (non-hydrogen) atoms. The van der Waals surface area contributed by atoms with Crippen LogP contribution in [-0.4, -0.2) is 56.7 Å². The maximum atomic E-state index is 12.7. The molecule has 10 nitrogen and oxygen atoms in total. The van der Waals surface area contributed by atoms with Gasteiger partial charge in [0.2, 0.25) is 5.95 Å². The molecule has 1 aromatic heterocycles. The van der Waals surface area contributed by atoms with Crippen molar-refractivity contribution < 1.29 is 23.2 Å². The maximum absolute atomic E-state index is 12.7. The third kappa shape index (κ3) is 5.69. The van der Waals surface area contributed by atoms with E-state index < -0.39 is 15.8 Å². The number of para-hydroxylation sites is 1. The van der Waals surface area contributed by atoms with E-state index in [1.165, 1.54) is 18.0 Å². The van der Waals surface area contributed by atoms with Gasteiger partial charge in [0.15, 0.2) is 17.3 Å². The van der Waals surface area contributed by atoms with Gasteiger partial charge in [-0.3, -0.25) is 0 Å². The second-order valence-corrected chi connectivity index (χ2v) is 9.30. The number of fused-ring (bicyclic) bond motifs is 1. The summed E-state index contributed by atoms with van der Waals surface area (Å²) in [6.07, 6.45) is 2.10. The molecule has 2 aromatic carbocycles. The summed E-state index contributed by atoms with van der Waals surface area (Å²) in [5.74, 6) is 2.02. The molecule has 1 aliphatic rings. The van der Waals surface area contributed by atoms with Gasteiger partial charge in [0.1, 0.15) is 19.5 Å². The van der Waals surface area contributed by atoms with Gasteiger partial charge in [-0.1, -0.05) is 18.2 Å². The van der Waals surface area contributed by atoms with Crippen molar-refractivity contribution >= 4 is 32.8 Å². The molecule has 0 bridgehead atoms. The molecule has 1 unspecified atom stereocenters. The van der Waals surface area contributed by atoms with Gasteiger partial charge in [0.25, 0.3) is 0 Å². The zero-order chi connectivity index (χ0) is 23.3. The Labute approximate surface area is 191 Å². The first kappa shape index (κ1) is 22.3. The Kier molecular flexibility index (Phi) is 6.59. The monoisotopic (exact) mass is 469 g/mol. The number of hydrogen-bond donors (Lipinski definition) is 2. The number of aromatic nitrogens is 3. The van der Waals surface area contributed by atoms with Crippen LogP contribution >= 0.6 is 0 Å². The Morgan fingerprint density at radius 1 is 1.18 bits per heavy atom. The molecule has 1 amide bonds. The molecule has 1 atom stereocenters. The number of hydrogen-bond acceptors (Lipinski definition) is 9. The fourth-order valence-electron chi connectivity index (χ4n) is 3.17. The van der Waals surface area contributed by atoms with E-state index in [2.05, 4.69) is 25.0 Å². The molecule has 0 saturated carbocycles. The van der Waals surface area contributed by atoms with E-state index in [1.54, 1.807) is 25.1 Å². The SMILES string of the molecule is CCOC(=O)NS(C)(=O)=Cc1cccc(Nc2ncnc(-c3cccc4c3OCCO4)n2)c1. The predicted octanol–water partition coefficient (Wildman–Crippen LogP) is 2.78. The Hall–Kier alpha value is -3.86. The Morgan fingerprint density at radius 2 is 2.00 bits per heavy atom. The lowest BCUT2D eigenvalue weighted by Gasteiger charge is -2.20. The fraction of sp³-hybridized carbons (Fsp3) is 0.227. The molecular formula is C22H23N5O5S. The van der Waals surface area contributed by atoms with Crippen molar-refractivity contribution in [2.75, 3.05) is 31.4 Å². The predicted molar refractivity (Wildman–Crippen MR) is 125 cm³/mol. The minimum absolute atomic E-state index is 0.194. The molecule has 2 N–H and O–H groups in total. The van der Waals surface area contributed by atoms with E-state index in [4.69, 9.17) is 14.2 Å². The van der Waals surface area contributed by atoms with Crippen LogP contribution in [0.15, 0.2) is 48.8 Å². The van der Waals surface area contributed by atoms with Crippen molar-refractivity contribution in [1.82, 2.24) is 19.7 Å². The van der Waals surface area contributed by atoms with Gasteiger partial charge in [0, 0.05) is 17.3 Å². The number of amides is 1. The minimum atomic E-state index is -2.79. The van der Waals surface area contributed by atoms with Crippen LogP contribution < -0.4 is 19.5 Å². The molecule has 0 fully saturated rings. The third-order valence-electron chi connectivity index (χ3n) is 4.44. The number of carbonyl (C=O) groups is 1. The number of rotatable bonds is 6. The van der Waals surface area contributed by atoms with E-state index >= 15 is 0 Å². The molecule has 0 spiro atoms. The molecule has 0 aliphatic carbocycles. The van der Waals surface area contributed by atoms with Gasteiger partial charge >= 0.3 is 6.09 Å². The first-order valence-corrected chi connectivity index (χ1v) is 12.2. The van der Waals surface area contributed by atoms with Crippen LogP contribution in [0.5, 0.6) is 11.5 Å². The van der Waals surface area contributed by atoms with Gasteiger partial charge in [-0.2, -0.15) is 4.98 Å². The summed E-state index contributed by atoms with van der Waals surface area (Å²) in [4.78, 5) is 24.6. The zero-order valence-electron chi connectivity index (χ0n) is 18.1. The van der Waals surface area contributed by atoms with Crippen LogP contribution in [0.4, 0.5) is 16.4 Å². The maximum Gasteiger partial charge on any atom is 0.418 e. The Balaban J connectivity index is 1.56. The largest absolute Gasteiger partial charge is 0.486 e. The molecule has 1 aliphatic heterocycles. The second kappa shape index (κ2) is 9.74. The standard InChI is InChI=1S/C22H23N5O5S/c1-3-30-22(28)27-33(2,29)13-15-6-4-7-16(12-15)25-21-24-14-23-20(26-21)17-8-5-9-18-19(17)32-11-10-31-18/h4-9,12-14H,3,10-11H2,1-2H3,(H,27,28,29)(H,23,24,25,26). The lowest BCUT2D eigenvalue weighted by molar-refractivity contribution is 0.159. The first-order valence-electron chi connectivity index (χ1n) is 10.2. The van der Waals surface area contributed by atoms with E-state index in [0.717, 1.165) is 0 Å². The molecule has 0 radical (unpaired) electrons. The molecule has 172 valence electrons. The number of ether oxygens (including phenoxy) is 3. The molecular weight excluding hydrogens is 446 g/mol. The van der Waals surface area contributed by atoms with E-state index in [1.807, 2.05) is 24.3 Å². The number of nitrogens with zero attached hydrogens (tertiary/aromatic N) is 3. The van der Waals surface area contributed by atoms with Crippen molar-refractivity contribution in [2.45, 2.75) is 6.92 Å². The summed E-state index contributed by atoms with van der Waals surface area (Å²) in [7, 11) is -2.79. The van der Waals surface area contributed by atoms with Crippen molar-refractivity contribution in [2.24, 2.45) is 0 Å². The number of carbonyl (C=O) groups excluding carboxylic acids is 1. The summed E-state index contributed by atoms with van der Waals surface area (Å²) in [5, 5.41) is 4.60. The smallest absolute Gasteiger partial charge is 0.418 e. The number of benzene rings is 2. The third-order valence-corrected chi connectivity index (χ3v) is 5.74. The van der Waals surface area contributed by atoms with Crippen molar-refractivity contribution in [3.63, 3.8) is 0 Å². The first-order chi connectivity index (χ1) is 15.9. The number of nitrogens with one attached hydrogen (secondary N) is 2. The lowest BCUT2D eigenvalue weighted by atomic mass is 10.1. The molecule has 0 saturated heterocycles. The Bertz CT molecular complexity index is 1290. The average Bonchev–Trinajstić information content (AvgIpc) is 2.78. The van der Waals surface area contributed by atoms with Gasteiger partial charge in [-0.15, -0.1) is 0 Å². The van der Waals surface area contributed by atoms with Crippen LogP contribution in [-0.2, 0) is 14.4 Å². The number of anilines is 2. The summed E-state index contributed by atoms with van der Waals surface area (Å²) in [6, 6.07) is 12.7. The Morgan fingerprint density at radius 3 is 2.85 bits per heavy atom. The molecule has 11 heteroatoms. The molecule has 4 rings (SSSR count). The highest BCUT2D eigenvalue weighted by molar-refractivity contribution is 7.99. The lowest BCUT2D eigenvalue weighted by Crippen LogP contribution is -2.31.